The number of carboxylic acid groups (broad SMARTS) is 1. The third-order valence-electron chi connectivity index (χ3n) is 1.44. The Morgan fingerprint density at radius 1 is 1.27 bits per heavy atom. The Balaban J connectivity index is 4.07. The zero-order valence-electron chi connectivity index (χ0n) is 9.33. The van der Waals surface area contributed by atoms with Crippen LogP contribution in [0.2, 0.25) is 0 Å². The van der Waals surface area contributed by atoms with Gasteiger partial charge in [0.15, 0.2) is 5.60 Å². The first kappa shape index (κ1) is 13.7. The van der Waals surface area contributed by atoms with E-state index >= 15 is 0 Å². The third kappa shape index (κ3) is 5.90. The Labute approximate surface area is 88.2 Å². The number of alkyl carbamates (subject to hydrolysis) is 1. The number of carbonyl (C=O) groups is 2. The summed E-state index contributed by atoms with van der Waals surface area (Å²) in [6, 6.07) is 0. The van der Waals surface area contributed by atoms with Crippen molar-refractivity contribution in [3.63, 3.8) is 0 Å². The highest BCUT2D eigenvalue weighted by molar-refractivity contribution is 5.78. The van der Waals surface area contributed by atoms with Gasteiger partial charge >= 0.3 is 12.1 Å². The summed E-state index contributed by atoms with van der Waals surface area (Å²) in [5.41, 5.74) is -2.64. The molecule has 0 aliphatic heterocycles. The van der Waals surface area contributed by atoms with Crippen molar-refractivity contribution in [1.82, 2.24) is 5.32 Å². The molecule has 1 amide bonds. The Bertz CT molecular complexity index is 254. The van der Waals surface area contributed by atoms with Gasteiger partial charge in [0.25, 0.3) is 0 Å². The van der Waals surface area contributed by atoms with E-state index in [1.54, 1.807) is 20.8 Å². The van der Waals surface area contributed by atoms with Gasteiger partial charge in [0.2, 0.25) is 0 Å². The number of nitrogens with one attached hydrogen (secondary N) is 1. The van der Waals surface area contributed by atoms with Crippen molar-refractivity contribution in [1.29, 1.82) is 0 Å². The molecule has 0 aromatic heterocycles. The first-order chi connectivity index (χ1) is 6.54. The summed E-state index contributed by atoms with van der Waals surface area (Å²) in [6.07, 6.45) is -0.760. The van der Waals surface area contributed by atoms with Crippen LogP contribution in [0.3, 0.4) is 0 Å². The molecule has 15 heavy (non-hydrogen) atoms. The molecule has 88 valence electrons. The maximum Gasteiger partial charge on any atom is 0.407 e. The van der Waals surface area contributed by atoms with Crippen LogP contribution in [0.25, 0.3) is 0 Å². The molecule has 0 heterocycles. The van der Waals surface area contributed by atoms with Crippen molar-refractivity contribution in [3.8, 4) is 0 Å². The minimum atomic E-state index is -1.99. The highest BCUT2D eigenvalue weighted by atomic mass is 16.6. The molecule has 6 heteroatoms. The fourth-order valence-electron chi connectivity index (χ4n) is 0.634. The maximum absolute atomic E-state index is 11.1. The summed E-state index contributed by atoms with van der Waals surface area (Å²) < 4.78 is 4.86. The lowest BCUT2D eigenvalue weighted by Crippen LogP contribution is -2.47. The van der Waals surface area contributed by atoms with Crippen molar-refractivity contribution in [2.75, 3.05) is 6.54 Å². The normalized spacial score (nSPS) is 15.3. The average Bonchev–Trinajstić information content (AvgIpc) is 1.97. The minimum absolute atomic E-state index is 0.406. The molecular formula is C9H17NO5. The largest absolute Gasteiger partial charge is 0.479 e. The molecule has 0 bridgehead atoms. The van der Waals surface area contributed by atoms with Crippen LogP contribution in [0.5, 0.6) is 0 Å². The first-order valence-electron chi connectivity index (χ1n) is 4.47. The number of carbonyl (C=O) groups excluding carboxylic acids is 1. The number of aliphatic carboxylic acids is 1. The lowest BCUT2D eigenvalue weighted by Gasteiger charge is -2.22. The second kappa shape index (κ2) is 4.48. The van der Waals surface area contributed by atoms with Crippen LogP contribution in [0.4, 0.5) is 4.79 Å². The van der Waals surface area contributed by atoms with Gasteiger partial charge < -0.3 is 20.3 Å². The van der Waals surface area contributed by atoms with Crippen LogP contribution in [0.15, 0.2) is 0 Å². The van der Waals surface area contributed by atoms with Crippen molar-refractivity contribution in [2.45, 2.75) is 38.9 Å². The number of hydrogen-bond acceptors (Lipinski definition) is 4. The van der Waals surface area contributed by atoms with E-state index in [0.717, 1.165) is 6.92 Å². The van der Waals surface area contributed by atoms with Gasteiger partial charge in [-0.1, -0.05) is 0 Å². The molecule has 0 aliphatic rings. The second-order valence-electron chi connectivity index (χ2n) is 4.43. The van der Waals surface area contributed by atoms with Crippen molar-refractivity contribution in [2.24, 2.45) is 0 Å². The van der Waals surface area contributed by atoms with E-state index in [0.29, 0.717) is 0 Å². The standard InChI is InChI=1S/C9H17NO5/c1-8(2,3)15-7(13)10-5-9(4,14)6(11)12/h14H,5H2,1-4H3,(H,10,13)(H,11,12). The molecular weight excluding hydrogens is 202 g/mol. The summed E-state index contributed by atoms with van der Waals surface area (Å²) in [4.78, 5) is 21.6. The second-order valence-corrected chi connectivity index (χ2v) is 4.43. The number of carboxylic acids is 1. The van der Waals surface area contributed by atoms with E-state index in [9.17, 15) is 14.7 Å². The Kier molecular flexibility index (Phi) is 4.09. The van der Waals surface area contributed by atoms with Crippen LogP contribution < -0.4 is 5.32 Å². The zero-order chi connectivity index (χ0) is 12.3. The SMILES string of the molecule is CC(C)(C)OC(=O)NCC(C)(O)C(=O)O. The van der Waals surface area contributed by atoms with E-state index in [2.05, 4.69) is 5.32 Å². The summed E-state index contributed by atoms with van der Waals surface area (Å²) in [7, 11) is 0. The summed E-state index contributed by atoms with van der Waals surface area (Å²) in [5.74, 6) is -1.40. The lowest BCUT2D eigenvalue weighted by molar-refractivity contribution is -0.155. The molecule has 6 nitrogen and oxygen atoms in total. The highest BCUT2D eigenvalue weighted by Crippen LogP contribution is 2.07. The van der Waals surface area contributed by atoms with Crippen LogP contribution in [0, 0.1) is 0 Å². The van der Waals surface area contributed by atoms with Gasteiger partial charge in [-0.2, -0.15) is 0 Å². The van der Waals surface area contributed by atoms with Crippen molar-refractivity contribution in [3.05, 3.63) is 0 Å². The minimum Gasteiger partial charge on any atom is -0.479 e. The topological polar surface area (TPSA) is 95.9 Å². The van der Waals surface area contributed by atoms with E-state index in [-0.39, 0.29) is 0 Å². The molecule has 0 spiro atoms. The van der Waals surface area contributed by atoms with Crippen LogP contribution in [-0.4, -0.2) is 40.0 Å². The van der Waals surface area contributed by atoms with Gasteiger partial charge in [-0.25, -0.2) is 9.59 Å². The number of aliphatic hydroxyl groups is 1. The van der Waals surface area contributed by atoms with Gasteiger partial charge in [0.05, 0.1) is 6.54 Å². The predicted octanol–water partition coefficient (Wildman–Crippen LogP) is 0.347. The van der Waals surface area contributed by atoms with E-state index in [4.69, 9.17) is 9.84 Å². The first-order valence-corrected chi connectivity index (χ1v) is 4.47. The summed E-state index contributed by atoms with van der Waals surface area (Å²) >= 11 is 0. The Hall–Kier alpha value is -1.30. The molecule has 1 unspecified atom stereocenters. The van der Waals surface area contributed by atoms with Gasteiger partial charge in [-0.15, -0.1) is 0 Å². The molecule has 0 aromatic carbocycles. The quantitative estimate of drug-likeness (QED) is 0.636. The maximum atomic E-state index is 11.1. The molecule has 0 saturated heterocycles. The monoisotopic (exact) mass is 219 g/mol. The molecule has 0 aliphatic carbocycles. The molecule has 0 aromatic rings. The van der Waals surface area contributed by atoms with Gasteiger partial charge in [0, 0.05) is 0 Å². The smallest absolute Gasteiger partial charge is 0.407 e. The molecule has 0 fully saturated rings. The molecule has 0 radical (unpaired) electrons. The van der Waals surface area contributed by atoms with Gasteiger partial charge in [-0.3, -0.25) is 0 Å². The highest BCUT2D eigenvalue weighted by Gasteiger charge is 2.31. The number of hydrogen-bond donors (Lipinski definition) is 3. The molecule has 1 atom stereocenters. The summed E-state index contributed by atoms with van der Waals surface area (Å²) in [5, 5.41) is 20.0. The van der Waals surface area contributed by atoms with Crippen LogP contribution in [0.1, 0.15) is 27.7 Å². The average molecular weight is 219 g/mol. The summed E-state index contributed by atoms with van der Waals surface area (Å²) in [6.45, 7) is 5.73. The molecule has 0 rings (SSSR count). The fraction of sp³-hybridized carbons (Fsp3) is 0.778. The lowest BCUT2D eigenvalue weighted by atomic mass is 10.1. The predicted molar refractivity (Wildman–Crippen MR) is 52.5 cm³/mol. The van der Waals surface area contributed by atoms with E-state index in [1.807, 2.05) is 0 Å². The van der Waals surface area contributed by atoms with Crippen LogP contribution in [-0.2, 0) is 9.53 Å². The van der Waals surface area contributed by atoms with E-state index < -0.39 is 29.8 Å². The Morgan fingerprint density at radius 2 is 1.73 bits per heavy atom. The van der Waals surface area contributed by atoms with Gasteiger partial charge in [-0.05, 0) is 27.7 Å². The molecule has 0 saturated carbocycles. The number of amides is 1. The molecule has 3 N–H and O–H groups in total. The van der Waals surface area contributed by atoms with E-state index in [1.165, 1.54) is 0 Å². The zero-order valence-corrected chi connectivity index (χ0v) is 9.33. The van der Waals surface area contributed by atoms with Gasteiger partial charge in [0.1, 0.15) is 5.60 Å². The number of ether oxygens (including phenoxy) is 1. The number of rotatable bonds is 3. The van der Waals surface area contributed by atoms with Crippen molar-refractivity contribution >= 4 is 12.1 Å². The van der Waals surface area contributed by atoms with Crippen molar-refractivity contribution < 1.29 is 24.5 Å². The third-order valence-corrected chi connectivity index (χ3v) is 1.44. The fourth-order valence-corrected chi connectivity index (χ4v) is 0.634. The Morgan fingerprint density at radius 3 is 2.07 bits per heavy atom. The van der Waals surface area contributed by atoms with Crippen LogP contribution >= 0.6 is 0 Å².